The summed E-state index contributed by atoms with van der Waals surface area (Å²) >= 11 is 7.50. The van der Waals surface area contributed by atoms with Crippen molar-refractivity contribution in [3.8, 4) is 11.4 Å². The quantitative estimate of drug-likeness (QED) is 0.607. The molecular formula is C19H19ClN4O2S. The standard InChI is InChI=1S/C19H19ClN4O2S/c1-13(16-8-3-4-9-17(16)20)22-18(25)11-27-19-23-21-12-24(19)14-6-5-7-15(10-14)26-2/h3-10,12-13H,11H2,1-2H3,(H,22,25)/t13-/m0/s1. The van der Waals surface area contributed by atoms with Crippen LogP contribution in [0.5, 0.6) is 5.75 Å². The van der Waals surface area contributed by atoms with Crippen LogP contribution >= 0.6 is 23.4 Å². The third-order valence-corrected chi connectivity index (χ3v) is 5.22. The highest BCUT2D eigenvalue weighted by molar-refractivity contribution is 7.99. The number of rotatable bonds is 7. The van der Waals surface area contributed by atoms with E-state index in [1.807, 2.05) is 60.0 Å². The summed E-state index contributed by atoms with van der Waals surface area (Å²) in [6.07, 6.45) is 1.61. The number of ether oxygens (including phenoxy) is 1. The molecule has 0 saturated heterocycles. The Balaban J connectivity index is 1.63. The van der Waals surface area contributed by atoms with Gasteiger partial charge in [0.05, 0.1) is 24.6 Å². The topological polar surface area (TPSA) is 69.0 Å². The first-order valence-corrected chi connectivity index (χ1v) is 9.66. The SMILES string of the molecule is COc1cccc(-n2cnnc2SCC(=O)N[C@@H](C)c2ccccc2Cl)c1. The number of nitrogens with zero attached hydrogens (tertiary/aromatic N) is 3. The summed E-state index contributed by atoms with van der Waals surface area (Å²) in [7, 11) is 1.62. The minimum atomic E-state index is -0.178. The maximum absolute atomic E-state index is 12.3. The molecule has 1 heterocycles. The van der Waals surface area contributed by atoms with E-state index in [1.54, 1.807) is 13.4 Å². The molecule has 0 aliphatic rings. The number of hydrogen-bond donors (Lipinski definition) is 1. The van der Waals surface area contributed by atoms with E-state index in [2.05, 4.69) is 15.5 Å². The average molecular weight is 403 g/mol. The van der Waals surface area contributed by atoms with Crippen LogP contribution < -0.4 is 10.1 Å². The number of aromatic nitrogens is 3. The summed E-state index contributed by atoms with van der Waals surface area (Å²) in [6, 6.07) is 14.9. The summed E-state index contributed by atoms with van der Waals surface area (Å²) in [4.78, 5) is 12.3. The van der Waals surface area contributed by atoms with Crippen LogP contribution in [-0.4, -0.2) is 33.5 Å². The van der Waals surface area contributed by atoms with Gasteiger partial charge in [-0.2, -0.15) is 0 Å². The Labute approximate surface area is 166 Å². The number of halogens is 1. The van der Waals surface area contributed by atoms with Crippen LogP contribution in [0.1, 0.15) is 18.5 Å². The lowest BCUT2D eigenvalue weighted by Crippen LogP contribution is -2.28. The van der Waals surface area contributed by atoms with Gasteiger partial charge < -0.3 is 10.1 Å². The summed E-state index contributed by atoms with van der Waals surface area (Å²) < 4.78 is 7.07. The Morgan fingerprint density at radius 2 is 2.11 bits per heavy atom. The molecule has 0 aliphatic carbocycles. The van der Waals surface area contributed by atoms with Crippen LogP contribution in [0.3, 0.4) is 0 Å². The zero-order valence-electron chi connectivity index (χ0n) is 14.9. The molecule has 2 aromatic carbocycles. The third-order valence-electron chi connectivity index (χ3n) is 3.93. The van der Waals surface area contributed by atoms with Crippen LogP contribution in [0.4, 0.5) is 0 Å². The highest BCUT2D eigenvalue weighted by Crippen LogP contribution is 2.24. The zero-order chi connectivity index (χ0) is 19.2. The van der Waals surface area contributed by atoms with E-state index in [0.29, 0.717) is 10.2 Å². The number of nitrogens with one attached hydrogen (secondary N) is 1. The van der Waals surface area contributed by atoms with Crippen LogP contribution in [-0.2, 0) is 4.79 Å². The number of amides is 1. The Morgan fingerprint density at radius 3 is 2.89 bits per heavy atom. The lowest BCUT2D eigenvalue weighted by Gasteiger charge is -2.15. The van der Waals surface area contributed by atoms with E-state index in [4.69, 9.17) is 16.3 Å². The highest BCUT2D eigenvalue weighted by atomic mass is 35.5. The van der Waals surface area contributed by atoms with E-state index < -0.39 is 0 Å². The first-order chi connectivity index (χ1) is 13.1. The van der Waals surface area contributed by atoms with Crippen molar-refractivity contribution in [1.82, 2.24) is 20.1 Å². The number of benzene rings is 2. The Kier molecular flexibility index (Phi) is 6.36. The molecule has 0 unspecified atom stereocenters. The lowest BCUT2D eigenvalue weighted by atomic mass is 10.1. The molecule has 0 radical (unpaired) electrons. The van der Waals surface area contributed by atoms with Crippen LogP contribution in [0.25, 0.3) is 5.69 Å². The molecule has 8 heteroatoms. The molecule has 27 heavy (non-hydrogen) atoms. The molecule has 3 aromatic rings. The molecule has 0 fully saturated rings. The smallest absolute Gasteiger partial charge is 0.230 e. The van der Waals surface area contributed by atoms with Gasteiger partial charge >= 0.3 is 0 Å². The van der Waals surface area contributed by atoms with E-state index in [-0.39, 0.29) is 17.7 Å². The van der Waals surface area contributed by atoms with Gasteiger partial charge in [-0.05, 0) is 30.7 Å². The molecule has 0 spiro atoms. The Bertz CT molecular complexity index is 931. The van der Waals surface area contributed by atoms with Gasteiger partial charge in [-0.3, -0.25) is 9.36 Å². The van der Waals surface area contributed by atoms with Gasteiger partial charge in [-0.25, -0.2) is 0 Å². The monoisotopic (exact) mass is 402 g/mol. The van der Waals surface area contributed by atoms with Crippen molar-refractivity contribution in [3.63, 3.8) is 0 Å². The predicted octanol–water partition coefficient (Wildman–Crippen LogP) is 3.90. The first-order valence-electron chi connectivity index (χ1n) is 8.29. The molecule has 1 amide bonds. The Hall–Kier alpha value is -2.51. The number of carbonyl (C=O) groups excluding carboxylic acids is 1. The van der Waals surface area contributed by atoms with Crippen molar-refractivity contribution in [2.24, 2.45) is 0 Å². The molecule has 3 rings (SSSR count). The summed E-state index contributed by atoms with van der Waals surface area (Å²) in [5, 5.41) is 12.3. The second-order valence-electron chi connectivity index (χ2n) is 5.78. The van der Waals surface area contributed by atoms with E-state index >= 15 is 0 Å². The second kappa shape index (κ2) is 8.92. The van der Waals surface area contributed by atoms with E-state index in [1.165, 1.54) is 11.8 Å². The summed E-state index contributed by atoms with van der Waals surface area (Å²) in [5.41, 5.74) is 1.75. The van der Waals surface area contributed by atoms with Crippen molar-refractivity contribution in [3.05, 3.63) is 65.4 Å². The van der Waals surface area contributed by atoms with E-state index in [9.17, 15) is 4.79 Å². The maximum atomic E-state index is 12.3. The van der Waals surface area contributed by atoms with Gasteiger partial charge in [0, 0.05) is 11.1 Å². The summed E-state index contributed by atoms with van der Waals surface area (Å²) in [5.74, 6) is 0.855. The van der Waals surface area contributed by atoms with Crippen molar-refractivity contribution in [1.29, 1.82) is 0 Å². The molecule has 1 N–H and O–H groups in total. The summed E-state index contributed by atoms with van der Waals surface area (Å²) in [6.45, 7) is 1.91. The van der Waals surface area contributed by atoms with Crippen molar-refractivity contribution >= 4 is 29.3 Å². The van der Waals surface area contributed by atoms with Crippen molar-refractivity contribution in [2.45, 2.75) is 18.1 Å². The molecule has 1 aromatic heterocycles. The average Bonchev–Trinajstić information content (AvgIpc) is 3.15. The molecule has 0 bridgehead atoms. The number of carbonyl (C=O) groups is 1. The molecular weight excluding hydrogens is 384 g/mol. The number of methoxy groups -OCH3 is 1. The minimum Gasteiger partial charge on any atom is -0.497 e. The second-order valence-corrected chi connectivity index (χ2v) is 7.13. The molecule has 0 saturated carbocycles. The van der Waals surface area contributed by atoms with Crippen LogP contribution in [0.15, 0.2) is 60.0 Å². The molecule has 140 valence electrons. The van der Waals surface area contributed by atoms with Crippen LogP contribution in [0, 0.1) is 0 Å². The number of hydrogen-bond acceptors (Lipinski definition) is 5. The van der Waals surface area contributed by atoms with Gasteiger partial charge in [0.1, 0.15) is 12.1 Å². The fourth-order valence-electron chi connectivity index (χ4n) is 2.58. The van der Waals surface area contributed by atoms with Gasteiger partial charge in [-0.1, -0.05) is 47.6 Å². The maximum Gasteiger partial charge on any atom is 0.230 e. The van der Waals surface area contributed by atoms with Crippen molar-refractivity contribution in [2.75, 3.05) is 12.9 Å². The Morgan fingerprint density at radius 1 is 1.30 bits per heavy atom. The van der Waals surface area contributed by atoms with E-state index in [0.717, 1.165) is 17.0 Å². The van der Waals surface area contributed by atoms with Crippen LogP contribution in [0.2, 0.25) is 5.02 Å². The fourth-order valence-corrected chi connectivity index (χ4v) is 3.62. The third kappa shape index (κ3) is 4.81. The highest BCUT2D eigenvalue weighted by Gasteiger charge is 2.14. The minimum absolute atomic E-state index is 0.104. The molecule has 0 aliphatic heterocycles. The zero-order valence-corrected chi connectivity index (χ0v) is 16.5. The van der Waals surface area contributed by atoms with Gasteiger partial charge in [0.2, 0.25) is 5.91 Å². The van der Waals surface area contributed by atoms with Gasteiger partial charge in [0.25, 0.3) is 0 Å². The molecule has 1 atom stereocenters. The first kappa shape index (κ1) is 19.3. The number of thioether (sulfide) groups is 1. The molecule has 6 nitrogen and oxygen atoms in total. The fraction of sp³-hybridized carbons (Fsp3) is 0.211. The predicted molar refractivity (Wildman–Crippen MR) is 107 cm³/mol. The van der Waals surface area contributed by atoms with Crippen molar-refractivity contribution < 1.29 is 9.53 Å². The van der Waals surface area contributed by atoms with Gasteiger partial charge in [-0.15, -0.1) is 10.2 Å². The largest absolute Gasteiger partial charge is 0.497 e. The lowest BCUT2D eigenvalue weighted by molar-refractivity contribution is -0.119. The van der Waals surface area contributed by atoms with Gasteiger partial charge in [0.15, 0.2) is 5.16 Å². The normalized spacial score (nSPS) is 11.8.